The summed E-state index contributed by atoms with van der Waals surface area (Å²) < 4.78 is 5.90. The number of nitrogens with two attached hydrogens (primary N) is 1. The van der Waals surface area contributed by atoms with Crippen molar-refractivity contribution in [3.63, 3.8) is 0 Å². The van der Waals surface area contributed by atoms with Crippen molar-refractivity contribution in [2.45, 2.75) is 19.4 Å². The SMILES string of the molecule is CNCc1ccc(-c2nnc(-c3nc(N4CCC5(CCNC5)C4)cnc3N)o2)cc1. The van der Waals surface area contributed by atoms with Crippen LogP contribution < -0.4 is 21.3 Å². The molecule has 9 nitrogen and oxygen atoms in total. The molecule has 1 atom stereocenters. The lowest BCUT2D eigenvalue weighted by Gasteiger charge is -2.23. The number of nitrogen functional groups attached to an aromatic ring is 1. The topological polar surface area (TPSA) is 118 Å². The average molecular weight is 406 g/mol. The Morgan fingerprint density at radius 2 is 2.03 bits per heavy atom. The average Bonchev–Trinajstić information content (AvgIpc) is 3.52. The highest BCUT2D eigenvalue weighted by atomic mass is 16.4. The Bertz CT molecular complexity index is 1030. The maximum atomic E-state index is 6.10. The number of nitrogens with zero attached hydrogens (tertiary/aromatic N) is 5. The summed E-state index contributed by atoms with van der Waals surface area (Å²) in [5, 5.41) is 15.0. The summed E-state index contributed by atoms with van der Waals surface area (Å²) in [6, 6.07) is 8.00. The number of nitrogens with one attached hydrogen (secondary N) is 2. The molecule has 1 aromatic carbocycles. The quantitative estimate of drug-likeness (QED) is 0.581. The van der Waals surface area contributed by atoms with E-state index in [9.17, 15) is 0 Å². The highest BCUT2D eigenvalue weighted by Crippen LogP contribution is 2.38. The van der Waals surface area contributed by atoms with Crippen LogP contribution in [0.1, 0.15) is 18.4 Å². The minimum absolute atomic E-state index is 0.285. The fourth-order valence-electron chi connectivity index (χ4n) is 4.38. The van der Waals surface area contributed by atoms with E-state index in [1.807, 2.05) is 31.3 Å². The highest BCUT2D eigenvalue weighted by Gasteiger charge is 2.41. The van der Waals surface area contributed by atoms with Crippen LogP contribution in [-0.4, -0.2) is 53.4 Å². The first-order valence-corrected chi connectivity index (χ1v) is 10.3. The summed E-state index contributed by atoms with van der Waals surface area (Å²) in [6.07, 6.45) is 4.10. The molecule has 156 valence electrons. The monoisotopic (exact) mass is 406 g/mol. The summed E-state index contributed by atoms with van der Waals surface area (Å²) in [5.41, 5.74) is 8.92. The van der Waals surface area contributed by atoms with Gasteiger partial charge in [0, 0.05) is 37.2 Å². The standard InChI is InChI=1S/C21H26N8O/c1-23-10-14-2-4-15(5-3-14)19-27-28-20(30-19)17-18(22)25-11-16(26-17)29-9-7-21(13-29)6-8-24-12-21/h2-5,11,23-24H,6-10,12-13H2,1H3,(H2,22,25). The van der Waals surface area contributed by atoms with Crippen LogP contribution in [0.15, 0.2) is 34.9 Å². The van der Waals surface area contributed by atoms with Crippen LogP contribution in [0.3, 0.4) is 0 Å². The largest absolute Gasteiger partial charge is 0.414 e. The second-order valence-corrected chi connectivity index (χ2v) is 8.20. The molecule has 1 unspecified atom stereocenters. The van der Waals surface area contributed by atoms with Crippen molar-refractivity contribution in [1.29, 1.82) is 0 Å². The Kier molecular flexibility index (Phi) is 4.84. The number of aromatic nitrogens is 4. The number of rotatable bonds is 5. The van der Waals surface area contributed by atoms with Gasteiger partial charge < -0.3 is 25.7 Å². The summed E-state index contributed by atoms with van der Waals surface area (Å²) in [4.78, 5) is 11.4. The smallest absolute Gasteiger partial charge is 0.270 e. The second-order valence-electron chi connectivity index (χ2n) is 8.20. The molecule has 2 aliphatic rings. The number of hydrogen-bond donors (Lipinski definition) is 3. The lowest BCUT2D eigenvalue weighted by molar-refractivity contribution is 0.369. The molecule has 2 aliphatic heterocycles. The third-order valence-corrected chi connectivity index (χ3v) is 6.09. The Hall–Kier alpha value is -3.04. The lowest BCUT2D eigenvalue weighted by Crippen LogP contribution is -2.29. The van der Waals surface area contributed by atoms with Crippen LogP contribution in [0.2, 0.25) is 0 Å². The molecule has 2 saturated heterocycles. The Morgan fingerprint density at radius 3 is 2.80 bits per heavy atom. The van der Waals surface area contributed by atoms with Crippen LogP contribution in [0.4, 0.5) is 11.6 Å². The molecule has 0 radical (unpaired) electrons. The van der Waals surface area contributed by atoms with Crippen molar-refractivity contribution in [2.24, 2.45) is 5.41 Å². The second kappa shape index (κ2) is 7.66. The van der Waals surface area contributed by atoms with Crippen LogP contribution in [0.25, 0.3) is 23.0 Å². The zero-order chi connectivity index (χ0) is 20.6. The van der Waals surface area contributed by atoms with Gasteiger partial charge in [-0.1, -0.05) is 12.1 Å². The van der Waals surface area contributed by atoms with Gasteiger partial charge in [0.05, 0.1) is 6.20 Å². The maximum absolute atomic E-state index is 6.10. The molecule has 9 heteroatoms. The minimum atomic E-state index is 0.285. The van der Waals surface area contributed by atoms with Gasteiger partial charge in [-0.05, 0) is 44.1 Å². The molecular formula is C21H26N8O. The molecule has 30 heavy (non-hydrogen) atoms. The van der Waals surface area contributed by atoms with Crippen molar-refractivity contribution in [3.05, 3.63) is 36.0 Å². The summed E-state index contributed by atoms with van der Waals surface area (Å²) in [6.45, 7) is 4.91. The van der Waals surface area contributed by atoms with Crippen LogP contribution in [0.5, 0.6) is 0 Å². The molecule has 4 heterocycles. The van der Waals surface area contributed by atoms with Crippen LogP contribution >= 0.6 is 0 Å². The van der Waals surface area contributed by atoms with E-state index in [-0.39, 0.29) is 11.7 Å². The number of hydrogen-bond acceptors (Lipinski definition) is 9. The van der Waals surface area contributed by atoms with Gasteiger partial charge in [-0.15, -0.1) is 10.2 Å². The van der Waals surface area contributed by atoms with Gasteiger partial charge >= 0.3 is 0 Å². The fourth-order valence-corrected chi connectivity index (χ4v) is 4.38. The molecule has 2 fully saturated rings. The lowest BCUT2D eigenvalue weighted by atomic mass is 9.87. The van der Waals surface area contributed by atoms with Gasteiger partial charge in [-0.2, -0.15) is 0 Å². The Labute approximate surface area is 175 Å². The molecule has 5 rings (SSSR count). The third-order valence-electron chi connectivity index (χ3n) is 6.09. The molecule has 2 aromatic heterocycles. The zero-order valence-corrected chi connectivity index (χ0v) is 17.1. The maximum Gasteiger partial charge on any atom is 0.270 e. The first-order chi connectivity index (χ1) is 14.7. The molecule has 0 bridgehead atoms. The van der Waals surface area contributed by atoms with E-state index in [0.717, 1.165) is 50.5 Å². The summed E-state index contributed by atoms with van der Waals surface area (Å²) in [7, 11) is 1.92. The predicted molar refractivity (Wildman–Crippen MR) is 115 cm³/mol. The van der Waals surface area contributed by atoms with E-state index in [4.69, 9.17) is 15.1 Å². The van der Waals surface area contributed by atoms with Crippen molar-refractivity contribution in [1.82, 2.24) is 30.8 Å². The van der Waals surface area contributed by atoms with Crippen LogP contribution in [0, 0.1) is 5.41 Å². The van der Waals surface area contributed by atoms with Gasteiger partial charge in [0.25, 0.3) is 5.89 Å². The molecule has 0 aliphatic carbocycles. The molecule has 4 N–H and O–H groups in total. The fraction of sp³-hybridized carbons (Fsp3) is 0.429. The number of anilines is 2. The molecule has 0 amide bonds. The van der Waals surface area contributed by atoms with E-state index in [0.29, 0.717) is 17.0 Å². The highest BCUT2D eigenvalue weighted by molar-refractivity contribution is 5.66. The first-order valence-electron chi connectivity index (χ1n) is 10.3. The summed E-state index contributed by atoms with van der Waals surface area (Å²) in [5.74, 6) is 1.81. The molecule has 0 saturated carbocycles. The van der Waals surface area contributed by atoms with E-state index in [2.05, 4.69) is 30.7 Å². The van der Waals surface area contributed by atoms with Gasteiger partial charge in [0.2, 0.25) is 5.89 Å². The van der Waals surface area contributed by atoms with E-state index in [1.54, 1.807) is 6.20 Å². The van der Waals surface area contributed by atoms with E-state index in [1.165, 1.54) is 12.0 Å². The first kappa shape index (κ1) is 19.0. The summed E-state index contributed by atoms with van der Waals surface area (Å²) >= 11 is 0. The predicted octanol–water partition coefficient (Wildman–Crippen LogP) is 1.68. The van der Waals surface area contributed by atoms with Gasteiger partial charge in [0.1, 0.15) is 5.82 Å². The minimum Gasteiger partial charge on any atom is -0.414 e. The zero-order valence-electron chi connectivity index (χ0n) is 17.1. The van der Waals surface area contributed by atoms with E-state index < -0.39 is 0 Å². The number of benzene rings is 1. The Morgan fingerprint density at radius 1 is 1.20 bits per heavy atom. The molecule has 1 spiro atoms. The molecular weight excluding hydrogens is 380 g/mol. The van der Waals surface area contributed by atoms with Crippen molar-refractivity contribution < 1.29 is 4.42 Å². The normalized spacial score (nSPS) is 21.0. The van der Waals surface area contributed by atoms with Crippen LogP contribution in [-0.2, 0) is 6.54 Å². The van der Waals surface area contributed by atoms with Gasteiger partial charge in [-0.3, -0.25) is 0 Å². The van der Waals surface area contributed by atoms with Gasteiger partial charge in [0.15, 0.2) is 11.5 Å². The molecule has 3 aromatic rings. The third kappa shape index (κ3) is 3.50. The van der Waals surface area contributed by atoms with E-state index >= 15 is 0 Å². The van der Waals surface area contributed by atoms with Crippen molar-refractivity contribution in [3.8, 4) is 23.0 Å². The van der Waals surface area contributed by atoms with Crippen molar-refractivity contribution >= 4 is 11.6 Å². The Balaban J connectivity index is 1.39. The van der Waals surface area contributed by atoms with Gasteiger partial charge in [-0.25, -0.2) is 9.97 Å². The van der Waals surface area contributed by atoms with Crippen molar-refractivity contribution in [2.75, 3.05) is 43.9 Å².